The Hall–Kier alpha value is -6.11. The van der Waals surface area contributed by atoms with Gasteiger partial charge in [0.2, 0.25) is 0 Å². The van der Waals surface area contributed by atoms with Crippen LogP contribution in [-0.2, 0) is 5.41 Å². The highest BCUT2D eigenvalue weighted by Crippen LogP contribution is 2.50. The Labute approximate surface area is 278 Å². The second kappa shape index (κ2) is 10.5. The monoisotopic (exact) mass is 616 g/mol. The molecule has 0 spiro atoms. The molecule has 1 aliphatic carbocycles. The van der Waals surface area contributed by atoms with Gasteiger partial charge in [-0.05, 0) is 91.7 Å². The van der Waals surface area contributed by atoms with Crippen molar-refractivity contribution in [2.45, 2.75) is 19.3 Å². The molecule has 0 radical (unpaired) electrons. The van der Waals surface area contributed by atoms with Crippen LogP contribution >= 0.6 is 0 Å². The number of para-hydroxylation sites is 1. The van der Waals surface area contributed by atoms with E-state index in [4.69, 9.17) is 11.6 Å². The fourth-order valence-corrected chi connectivity index (χ4v) is 7.70. The van der Waals surface area contributed by atoms with Crippen molar-refractivity contribution in [3.63, 3.8) is 0 Å². The number of aromatic nitrogens is 1. The molecule has 0 unspecified atom stereocenters. The predicted molar refractivity (Wildman–Crippen MR) is 197 cm³/mol. The first kappa shape index (κ1) is 28.1. The fraction of sp³-hybridized carbons (Fsp3) is 0.0667. The molecule has 1 aromatic heterocycles. The summed E-state index contributed by atoms with van der Waals surface area (Å²) in [5.74, 6) is -0.258. The average molecular weight is 617 g/mol. The van der Waals surface area contributed by atoms with Crippen LogP contribution < -0.4 is 0 Å². The lowest BCUT2D eigenvalue weighted by Gasteiger charge is -2.22. The van der Waals surface area contributed by atoms with E-state index in [9.17, 15) is 4.39 Å². The van der Waals surface area contributed by atoms with Crippen LogP contribution in [0.3, 0.4) is 0 Å². The molecule has 8 aromatic rings. The first-order valence-corrected chi connectivity index (χ1v) is 16.2. The minimum atomic E-state index is -0.258. The Bertz CT molecular complexity index is 2640. The highest BCUT2D eigenvalue weighted by molar-refractivity contribution is 6.24. The third kappa shape index (κ3) is 4.20. The van der Waals surface area contributed by atoms with E-state index in [1.807, 2.05) is 24.3 Å². The summed E-state index contributed by atoms with van der Waals surface area (Å²) < 4.78 is 13.8. The molecule has 0 amide bonds. The summed E-state index contributed by atoms with van der Waals surface area (Å²) in [4.78, 5) is 8.72. The Kier molecular flexibility index (Phi) is 6.13. The molecule has 2 nitrogen and oxygen atoms in total. The van der Waals surface area contributed by atoms with Crippen LogP contribution in [0, 0.1) is 12.4 Å². The highest BCUT2D eigenvalue weighted by atomic mass is 19.1. The van der Waals surface area contributed by atoms with Gasteiger partial charge in [0.15, 0.2) is 5.69 Å². The van der Waals surface area contributed by atoms with E-state index in [0.717, 1.165) is 43.9 Å². The molecule has 0 aliphatic heterocycles. The first-order chi connectivity index (χ1) is 23.4. The second-order valence-electron chi connectivity index (χ2n) is 13.2. The van der Waals surface area contributed by atoms with Gasteiger partial charge in [0.25, 0.3) is 0 Å². The van der Waals surface area contributed by atoms with E-state index < -0.39 is 0 Å². The van der Waals surface area contributed by atoms with Gasteiger partial charge in [0, 0.05) is 27.1 Å². The summed E-state index contributed by atoms with van der Waals surface area (Å²) in [6, 6.07) is 47.5. The Balaban J connectivity index is 1.15. The van der Waals surface area contributed by atoms with Crippen molar-refractivity contribution in [1.29, 1.82) is 0 Å². The molecule has 9 rings (SSSR count). The molecule has 1 aliphatic rings. The number of rotatable bonds is 3. The lowest BCUT2D eigenvalue weighted by atomic mass is 9.81. The number of fused-ring (bicyclic) bond motifs is 8. The van der Waals surface area contributed by atoms with Crippen LogP contribution in [0.4, 0.5) is 10.1 Å². The molecule has 0 fully saturated rings. The van der Waals surface area contributed by atoms with Gasteiger partial charge in [-0.1, -0.05) is 117 Å². The third-order valence-corrected chi connectivity index (χ3v) is 10.2. The quantitative estimate of drug-likeness (QED) is 0.143. The van der Waals surface area contributed by atoms with E-state index >= 15 is 0 Å². The molecule has 0 atom stereocenters. The van der Waals surface area contributed by atoms with E-state index in [0.29, 0.717) is 5.69 Å². The van der Waals surface area contributed by atoms with Gasteiger partial charge in [-0.2, -0.15) is 0 Å². The zero-order valence-corrected chi connectivity index (χ0v) is 26.6. The zero-order valence-electron chi connectivity index (χ0n) is 26.6. The molecule has 0 N–H and O–H groups in total. The summed E-state index contributed by atoms with van der Waals surface area (Å²) in [5.41, 5.74) is 12.8. The van der Waals surface area contributed by atoms with Crippen molar-refractivity contribution in [3.8, 4) is 44.6 Å². The molecule has 226 valence electrons. The van der Waals surface area contributed by atoms with Gasteiger partial charge in [-0.25, -0.2) is 14.2 Å². The van der Waals surface area contributed by atoms with Crippen molar-refractivity contribution < 1.29 is 4.39 Å². The van der Waals surface area contributed by atoms with Crippen LogP contribution in [-0.4, -0.2) is 4.98 Å². The normalized spacial score (nSPS) is 13.0. The van der Waals surface area contributed by atoms with Gasteiger partial charge in [-0.15, -0.1) is 0 Å². The summed E-state index contributed by atoms with van der Waals surface area (Å²) >= 11 is 0. The maximum atomic E-state index is 13.8. The van der Waals surface area contributed by atoms with Crippen LogP contribution in [0.2, 0.25) is 0 Å². The number of hydrogen-bond donors (Lipinski definition) is 0. The summed E-state index contributed by atoms with van der Waals surface area (Å²) in [7, 11) is 0. The number of nitrogens with zero attached hydrogens (tertiary/aromatic N) is 2. The Morgan fingerprint density at radius 1 is 0.542 bits per heavy atom. The van der Waals surface area contributed by atoms with Crippen molar-refractivity contribution in [2.24, 2.45) is 0 Å². The smallest absolute Gasteiger partial charge is 0.187 e. The average Bonchev–Trinajstić information content (AvgIpc) is 3.36. The second-order valence-corrected chi connectivity index (χ2v) is 13.2. The van der Waals surface area contributed by atoms with Gasteiger partial charge in [0.1, 0.15) is 5.82 Å². The molecule has 0 saturated carbocycles. The van der Waals surface area contributed by atoms with E-state index in [1.165, 1.54) is 56.5 Å². The summed E-state index contributed by atoms with van der Waals surface area (Å²) in [6.07, 6.45) is 0. The topological polar surface area (TPSA) is 17.2 Å². The SMILES string of the molecule is [C-]#[N+]c1ccc2c(c1)C(C)(C)c1cc(-c3ccc(-c4cccc5c4ccc4c(-c6ccc(F)cc6)nc6ccccc6c45)cc3)ccc1-2. The Morgan fingerprint density at radius 2 is 1.19 bits per heavy atom. The molecule has 0 bridgehead atoms. The number of hydrogen-bond acceptors (Lipinski definition) is 1. The highest BCUT2D eigenvalue weighted by Gasteiger charge is 2.35. The van der Waals surface area contributed by atoms with Gasteiger partial charge < -0.3 is 0 Å². The molecular formula is C45H29FN2. The summed E-state index contributed by atoms with van der Waals surface area (Å²) in [6.45, 7) is 12.0. The standard InChI is InChI=1S/C45H29FN2/c1-45(2)40-25-30(17-21-35(40)36-22-20-32(47-3)26-41(36)45)27-11-13-28(14-12-27)33-8-6-9-37-34(33)23-24-39-43(37)38-7-4-5-10-42(38)48-44(39)29-15-18-31(46)19-16-29/h4-26H,1-2H3. The summed E-state index contributed by atoms with van der Waals surface area (Å²) in [5, 5.41) is 5.64. The first-order valence-electron chi connectivity index (χ1n) is 16.2. The number of halogens is 1. The molecule has 7 aromatic carbocycles. The van der Waals surface area contributed by atoms with E-state index in [2.05, 4.69) is 110 Å². The van der Waals surface area contributed by atoms with E-state index in [1.54, 1.807) is 12.1 Å². The molecule has 1 heterocycles. The molecular weight excluding hydrogens is 588 g/mol. The minimum Gasteiger partial charge on any atom is -0.247 e. The van der Waals surface area contributed by atoms with Crippen molar-refractivity contribution in [3.05, 3.63) is 168 Å². The van der Waals surface area contributed by atoms with Crippen LogP contribution in [0.15, 0.2) is 140 Å². The van der Waals surface area contributed by atoms with Crippen molar-refractivity contribution >= 4 is 38.1 Å². The van der Waals surface area contributed by atoms with Gasteiger partial charge in [0.05, 0.1) is 17.8 Å². The maximum Gasteiger partial charge on any atom is 0.187 e. The predicted octanol–water partition coefficient (Wildman–Crippen LogP) is 12.5. The number of benzene rings is 7. The van der Waals surface area contributed by atoms with Crippen LogP contribution in [0.1, 0.15) is 25.0 Å². The van der Waals surface area contributed by atoms with Crippen LogP contribution in [0.5, 0.6) is 0 Å². The fourth-order valence-electron chi connectivity index (χ4n) is 7.70. The maximum absolute atomic E-state index is 13.8. The Morgan fingerprint density at radius 3 is 1.98 bits per heavy atom. The largest absolute Gasteiger partial charge is 0.247 e. The molecule has 3 heteroatoms. The third-order valence-electron chi connectivity index (χ3n) is 10.2. The van der Waals surface area contributed by atoms with Crippen molar-refractivity contribution in [1.82, 2.24) is 4.98 Å². The minimum absolute atomic E-state index is 0.177. The molecule has 48 heavy (non-hydrogen) atoms. The molecule has 0 saturated heterocycles. The van der Waals surface area contributed by atoms with E-state index in [-0.39, 0.29) is 11.2 Å². The lowest BCUT2D eigenvalue weighted by Crippen LogP contribution is -2.14. The van der Waals surface area contributed by atoms with Crippen molar-refractivity contribution in [2.75, 3.05) is 0 Å². The van der Waals surface area contributed by atoms with Crippen LogP contribution in [0.25, 0.3) is 81.9 Å². The van der Waals surface area contributed by atoms with Gasteiger partial charge in [-0.3, -0.25) is 0 Å². The number of pyridine rings is 1. The van der Waals surface area contributed by atoms with Gasteiger partial charge >= 0.3 is 0 Å². The zero-order chi connectivity index (χ0) is 32.6. The lowest BCUT2D eigenvalue weighted by molar-refractivity contribution is 0.628.